The highest BCUT2D eigenvalue weighted by molar-refractivity contribution is 5.60. The predicted molar refractivity (Wildman–Crippen MR) is 71.9 cm³/mol. The molecule has 0 bridgehead atoms. The van der Waals surface area contributed by atoms with Crippen molar-refractivity contribution < 1.29 is 13.2 Å². The zero-order valence-corrected chi connectivity index (χ0v) is 10.9. The maximum absolute atomic E-state index is 12.7. The Morgan fingerprint density at radius 1 is 1.40 bits per heavy atom. The van der Waals surface area contributed by atoms with Crippen LogP contribution < -0.4 is 5.32 Å². The number of nitrogens with zero attached hydrogens (tertiary/aromatic N) is 2. The lowest BCUT2D eigenvalue weighted by Crippen LogP contribution is -2.07. The third-order valence-electron chi connectivity index (χ3n) is 2.85. The first-order chi connectivity index (χ1) is 9.41. The van der Waals surface area contributed by atoms with Crippen molar-refractivity contribution in [2.24, 2.45) is 0 Å². The standard InChI is InChI=1S/C14H14F3N3/c1-3-7-20-8-6-18-13(20)19-12-9-11(14(15,16)17)5-4-10(12)2/h3-6,8-9H,1,7H2,2H3,(H,18,19). The summed E-state index contributed by atoms with van der Waals surface area (Å²) in [5.74, 6) is 0.479. The second kappa shape index (κ2) is 5.40. The molecule has 0 radical (unpaired) electrons. The van der Waals surface area contributed by atoms with E-state index < -0.39 is 11.7 Å². The molecule has 0 aliphatic heterocycles. The molecule has 0 saturated carbocycles. The number of anilines is 2. The first kappa shape index (κ1) is 14.2. The number of hydrogen-bond donors (Lipinski definition) is 1. The van der Waals surface area contributed by atoms with Gasteiger partial charge in [-0.3, -0.25) is 0 Å². The van der Waals surface area contributed by atoms with E-state index in [-0.39, 0.29) is 0 Å². The minimum atomic E-state index is -4.36. The van der Waals surface area contributed by atoms with Gasteiger partial charge in [0.1, 0.15) is 0 Å². The van der Waals surface area contributed by atoms with Crippen LogP contribution in [-0.2, 0) is 12.7 Å². The van der Waals surface area contributed by atoms with Crippen molar-refractivity contribution >= 4 is 11.6 Å². The van der Waals surface area contributed by atoms with Crippen molar-refractivity contribution in [1.29, 1.82) is 0 Å². The van der Waals surface area contributed by atoms with Crippen LogP contribution in [0, 0.1) is 6.92 Å². The molecule has 0 atom stereocenters. The Morgan fingerprint density at radius 2 is 2.15 bits per heavy atom. The molecule has 1 aromatic carbocycles. The number of benzene rings is 1. The van der Waals surface area contributed by atoms with E-state index >= 15 is 0 Å². The number of imidazole rings is 1. The molecule has 3 nitrogen and oxygen atoms in total. The number of hydrogen-bond acceptors (Lipinski definition) is 2. The summed E-state index contributed by atoms with van der Waals surface area (Å²) in [7, 11) is 0. The van der Waals surface area contributed by atoms with Gasteiger partial charge in [-0.1, -0.05) is 12.1 Å². The molecule has 106 valence electrons. The van der Waals surface area contributed by atoms with Crippen LogP contribution in [0.2, 0.25) is 0 Å². The molecular weight excluding hydrogens is 267 g/mol. The summed E-state index contributed by atoms with van der Waals surface area (Å²) >= 11 is 0. The summed E-state index contributed by atoms with van der Waals surface area (Å²) < 4.78 is 39.9. The zero-order valence-electron chi connectivity index (χ0n) is 10.9. The second-order valence-electron chi connectivity index (χ2n) is 4.34. The average Bonchev–Trinajstić information content (AvgIpc) is 2.79. The van der Waals surface area contributed by atoms with Crippen molar-refractivity contribution in [2.45, 2.75) is 19.6 Å². The van der Waals surface area contributed by atoms with Crippen molar-refractivity contribution in [2.75, 3.05) is 5.32 Å². The number of allylic oxidation sites excluding steroid dienone is 1. The SMILES string of the molecule is C=CCn1ccnc1Nc1cc(C(F)(F)F)ccc1C. The molecular formula is C14H14F3N3. The lowest BCUT2D eigenvalue weighted by molar-refractivity contribution is -0.137. The van der Waals surface area contributed by atoms with E-state index in [4.69, 9.17) is 0 Å². The first-order valence-electron chi connectivity index (χ1n) is 5.98. The Labute approximate surface area is 114 Å². The molecule has 2 rings (SSSR count). The highest BCUT2D eigenvalue weighted by Crippen LogP contribution is 2.32. The molecule has 20 heavy (non-hydrogen) atoms. The normalized spacial score (nSPS) is 11.4. The highest BCUT2D eigenvalue weighted by atomic mass is 19.4. The van der Waals surface area contributed by atoms with Crippen molar-refractivity contribution in [3.63, 3.8) is 0 Å². The second-order valence-corrected chi connectivity index (χ2v) is 4.34. The largest absolute Gasteiger partial charge is 0.416 e. The number of aryl methyl sites for hydroxylation is 1. The molecule has 1 heterocycles. The monoisotopic (exact) mass is 281 g/mol. The van der Waals surface area contributed by atoms with Gasteiger partial charge in [0.25, 0.3) is 0 Å². The summed E-state index contributed by atoms with van der Waals surface area (Å²) in [4.78, 5) is 4.09. The maximum Gasteiger partial charge on any atom is 0.416 e. The van der Waals surface area contributed by atoms with Crippen LogP contribution >= 0.6 is 0 Å². The summed E-state index contributed by atoms with van der Waals surface area (Å²) in [5, 5.41) is 2.92. The van der Waals surface area contributed by atoms with Gasteiger partial charge in [0, 0.05) is 24.6 Å². The number of nitrogens with one attached hydrogen (secondary N) is 1. The van der Waals surface area contributed by atoms with Crippen LogP contribution in [0.5, 0.6) is 0 Å². The molecule has 2 aromatic rings. The minimum absolute atomic E-state index is 0.385. The highest BCUT2D eigenvalue weighted by Gasteiger charge is 2.30. The summed E-state index contributed by atoms with van der Waals surface area (Å²) in [6.07, 6.45) is 0.633. The van der Waals surface area contributed by atoms with E-state index in [1.165, 1.54) is 6.07 Å². The van der Waals surface area contributed by atoms with Crippen LogP contribution in [-0.4, -0.2) is 9.55 Å². The van der Waals surface area contributed by atoms with E-state index in [0.717, 1.165) is 12.1 Å². The summed E-state index contributed by atoms with van der Waals surface area (Å²) in [5.41, 5.74) is 0.412. The molecule has 6 heteroatoms. The molecule has 0 aliphatic rings. The van der Waals surface area contributed by atoms with Gasteiger partial charge in [-0.15, -0.1) is 6.58 Å². The van der Waals surface area contributed by atoms with E-state index in [0.29, 0.717) is 23.7 Å². The fourth-order valence-corrected chi connectivity index (χ4v) is 1.77. The molecule has 0 amide bonds. The van der Waals surface area contributed by atoms with Gasteiger partial charge in [0.05, 0.1) is 5.56 Å². The van der Waals surface area contributed by atoms with Gasteiger partial charge in [-0.05, 0) is 24.6 Å². The molecule has 0 unspecified atom stereocenters. The van der Waals surface area contributed by atoms with Gasteiger partial charge < -0.3 is 9.88 Å². The van der Waals surface area contributed by atoms with E-state index in [2.05, 4.69) is 16.9 Å². The molecule has 0 spiro atoms. The van der Waals surface area contributed by atoms with Gasteiger partial charge in [0.2, 0.25) is 5.95 Å². The minimum Gasteiger partial charge on any atom is -0.325 e. The number of halogens is 3. The Bertz CT molecular complexity index is 614. The van der Waals surface area contributed by atoms with Crippen LogP contribution in [0.1, 0.15) is 11.1 Å². The molecule has 1 N–H and O–H groups in total. The third kappa shape index (κ3) is 3.01. The Kier molecular flexibility index (Phi) is 3.83. The maximum atomic E-state index is 12.7. The lowest BCUT2D eigenvalue weighted by atomic mass is 10.1. The smallest absolute Gasteiger partial charge is 0.325 e. The Hall–Kier alpha value is -2.24. The fraction of sp³-hybridized carbons (Fsp3) is 0.214. The number of rotatable bonds is 4. The van der Waals surface area contributed by atoms with Crippen molar-refractivity contribution in [1.82, 2.24) is 9.55 Å². The fourth-order valence-electron chi connectivity index (χ4n) is 1.77. The lowest BCUT2D eigenvalue weighted by Gasteiger charge is -2.13. The number of alkyl halides is 3. The number of aromatic nitrogens is 2. The summed E-state index contributed by atoms with van der Waals surface area (Å²) in [6, 6.07) is 3.59. The Morgan fingerprint density at radius 3 is 2.80 bits per heavy atom. The topological polar surface area (TPSA) is 29.9 Å². The molecule has 0 fully saturated rings. The third-order valence-corrected chi connectivity index (χ3v) is 2.85. The molecule has 1 aromatic heterocycles. The quantitative estimate of drug-likeness (QED) is 0.854. The van der Waals surface area contributed by atoms with Crippen molar-refractivity contribution in [3.8, 4) is 0 Å². The van der Waals surface area contributed by atoms with Crippen molar-refractivity contribution in [3.05, 3.63) is 54.4 Å². The van der Waals surface area contributed by atoms with Crippen LogP contribution in [0.25, 0.3) is 0 Å². The first-order valence-corrected chi connectivity index (χ1v) is 5.98. The van der Waals surface area contributed by atoms with E-state index in [9.17, 15) is 13.2 Å². The average molecular weight is 281 g/mol. The Balaban J connectivity index is 2.33. The predicted octanol–water partition coefficient (Wildman–Crippen LogP) is 4.14. The van der Waals surface area contributed by atoms with Gasteiger partial charge >= 0.3 is 6.18 Å². The van der Waals surface area contributed by atoms with Gasteiger partial charge in [-0.2, -0.15) is 13.2 Å². The molecule has 0 aliphatic carbocycles. The van der Waals surface area contributed by atoms with Crippen LogP contribution in [0.4, 0.5) is 24.8 Å². The van der Waals surface area contributed by atoms with Crippen LogP contribution in [0.3, 0.4) is 0 Å². The van der Waals surface area contributed by atoms with Gasteiger partial charge in [-0.25, -0.2) is 4.98 Å². The zero-order chi connectivity index (χ0) is 14.8. The van der Waals surface area contributed by atoms with Crippen LogP contribution in [0.15, 0.2) is 43.2 Å². The molecule has 0 saturated heterocycles. The van der Waals surface area contributed by atoms with Gasteiger partial charge in [0.15, 0.2) is 0 Å². The van der Waals surface area contributed by atoms with E-state index in [1.807, 2.05) is 0 Å². The van der Waals surface area contributed by atoms with E-state index in [1.54, 1.807) is 30.0 Å². The summed E-state index contributed by atoms with van der Waals surface area (Å²) in [6.45, 7) is 5.89.